The molecular formula is C40H77NO4. The molecule has 45 heavy (non-hydrogen) atoms. The van der Waals surface area contributed by atoms with Gasteiger partial charge in [0, 0.05) is 6.42 Å². The standard InChI is InChI=1S/C40H77NO4/c1-3-5-7-9-11-13-15-17-18-19-20-21-23-24-26-28-30-32-34-38(43)40(45)37(36-42)41-39(44)35-33-31-29-27-25-22-16-14-12-10-8-6-4-2/h20-21,26,28,37-38,40,42-43,45H,3-19,22-25,27,29-36H2,1-2H3,(H,41,44)/b21-20+,28-26+. The number of unbranched alkanes of at least 4 members (excludes halogenated alkanes) is 23. The van der Waals surface area contributed by atoms with Crippen molar-refractivity contribution in [2.45, 2.75) is 218 Å². The fourth-order valence-electron chi connectivity index (χ4n) is 5.94. The summed E-state index contributed by atoms with van der Waals surface area (Å²) in [4.78, 5) is 12.3. The predicted molar refractivity (Wildman–Crippen MR) is 195 cm³/mol. The fourth-order valence-corrected chi connectivity index (χ4v) is 5.94. The summed E-state index contributed by atoms with van der Waals surface area (Å²) in [6.45, 7) is 4.15. The Morgan fingerprint density at radius 2 is 0.911 bits per heavy atom. The molecule has 0 aromatic rings. The summed E-state index contributed by atoms with van der Waals surface area (Å²) in [6.07, 6.45) is 41.3. The van der Waals surface area contributed by atoms with E-state index in [2.05, 4.69) is 43.5 Å². The highest BCUT2D eigenvalue weighted by Crippen LogP contribution is 2.14. The van der Waals surface area contributed by atoms with Gasteiger partial charge in [-0.15, -0.1) is 0 Å². The van der Waals surface area contributed by atoms with Crippen molar-refractivity contribution in [1.29, 1.82) is 0 Å². The normalized spacial score (nSPS) is 14.0. The number of hydrogen-bond donors (Lipinski definition) is 4. The number of allylic oxidation sites excluding steroid dienone is 4. The molecule has 0 aromatic heterocycles. The van der Waals surface area contributed by atoms with E-state index in [9.17, 15) is 20.1 Å². The first-order chi connectivity index (χ1) is 22.1. The Labute approximate surface area is 280 Å². The molecule has 5 heteroatoms. The van der Waals surface area contributed by atoms with E-state index in [0.29, 0.717) is 12.8 Å². The molecule has 0 saturated heterocycles. The van der Waals surface area contributed by atoms with Crippen molar-refractivity contribution in [1.82, 2.24) is 5.32 Å². The van der Waals surface area contributed by atoms with Gasteiger partial charge in [-0.25, -0.2) is 0 Å². The number of rotatable bonds is 35. The largest absolute Gasteiger partial charge is 0.394 e. The summed E-state index contributed by atoms with van der Waals surface area (Å²) in [5, 5.41) is 33.4. The Kier molecular flexibility index (Phi) is 34.8. The van der Waals surface area contributed by atoms with Crippen molar-refractivity contribution in [3.63, 3.8) is 0 Å². The Balaban J connectivity index is 3.74. The van der Waals surface area contributed by atoms with Gasteiger partial charge in [0.2, 0.25) is 5.91 Å². The highest BCUT2D eigenvalue weighted by atomic mass is 16.3. The molecule has 0 saturated carbocycles. The van der Waals surface area contributed by atoms with Crippen LogP contribution in [0.2, 0.25) is 0 Å². The van der Waals surface area contributed by atoms with Crippen LogP contribution in [0.15, 0.2) is 24.3 Å². The number of carbonyl (C=O) groups is 1. The summed E-state index contributed by atoms with van der Waals surface area (Å²) < 4.78 is 0. The molecule has 0 bridgehead atoms. The van der Waals surface area contributed by atoms with E-state index < -0.39 is 18.2 Å². The predicted octanol–water partition coefficient (Wildman–Crippen LogP) is 10.7. The molecule has 0 aromatic carbocycles. The van der Waals surface area contributed by atoms with Crippen molar-refractivity contribution >= 4 is 5.91 Å². The van der Waals surface area contributed by atoms with E-state index in [4.69, 9.17) is 0 Å². The molecule has 0 aliphatic heterocycles. The molecule has 0 aliphatic carbocycles. The SMILES string of the molecule is CCCCCCCCCCC/C=C/CC/C=C/CCCC(O)C(O)C(CO)NC(=O)CCCCCCCCCCCCCCC. The molecule has 0 rings (SSSR count). The van der Waals surface area contributed by atoms with Crippen LogP contribution in [0, 0.1) is 0 Å². The topological polar surface area (TPSA) is 89.8 Å². The third-order valence-electron chi connectivity index (χ3n) is 9.04. The minimum Gasteiger partial charge on any atom is -0.394 e. The van der Waals surface area contributed by atoms with E-state index in [1.54, 1.807) is 0 Å². The molecule has 0 fully saturated rings. The van der Waals surface area contributed by atoms with Gasteiger partial charge in [0.25, 0.3) is 0 Å². The van der Waals surface area contributed by atoms with Gasteiger partial charge >= 0.3 is 0 Å². The highest BCUT2D eigenvalue weighted by Gasteiger charge is 2.26. The van der Waals surface area contributed by atoms with Gasteiger partial charge in [-0.2, -0.15) is 0 Å². The van der Waals surface area contributed by atoms with E-state index >= 15 is 0 Å². The second-order valence-electron chi connectivity index (χ2n) is 13.5. The molecule has 4 N–H and O–H groups in total. The molecule has 1 amide bonds. The second kappa shape index (κ2) is 35.7. The number of nitrogens with one attached hydrogen (secondary N) is 1. The summed E-state index contributed by atoms with van der Waals surface area (Å²) in [5.74, 6) is -0.159. The van der Waals surface area contributed by atoms with Gasteiger partial charge < -0.3 is 20.6 Å². The van der Waals surface area contributed by atoms with Crippen LogP contribution in [0.25, 0.3) is 0 Å². The Morgan fingerprint density at radius 1 is 0.533 bits per heavy atom. The number of aliphatic hydroxyl groups excluding tert-OH is 3. The number of amides is 1. The molecule has 0 spiro atoms. The lowest BCUT2D eigenvalue weighted by Gasteiger charge is -2.26. The van der Waals surface area contributed by atoms with Crippen LogP contribution in [0.4, 0.5) is 0 Å². The third-order valence-corrected chi connectivity index (χ3v) is 9.04. The smallest absolute Gasteiger partial charge is 0.220 e. The second-order valence-corrected chi connectivity index (χ2v) is 13.5. The van der Waals surface area contributed by atoms with Crippen molar-refractivity contribution in [3.05, 3.63) is 24.3 Å². The Hall–Kier alpha value is -1.17. The fraction of sp³-hybridized carbons (Fsp3) is 0.875. The van der Waals surface area contributed by atoms with Crippen LogP contribution in [-0.2, 0) is 4.79 Å². The molecule has 266 valence electrons. The minimum absolute atomic E-state index is 0.159. The zero-order valence-corrected chi connectivity index (χ0v) is 30.0. The summed E-state index contributed by atoms with van der Waals surface area (Å²) in [7, 11) is 0. The maximum absolute atomic E-state index is 12.3. The van der Waals surface area contributed by atoms with Gasteiger partial charge in [-0.3, -0.25) is 4.79 Å². The monoisotopic (exact) mass is 636 g/mol. The van der Waals surface area contributed by atoms with Gasteiger partial charge in [0.15, 0.2) is 0 Å². The van der Waals surface area contributed by atoms with Crippen LogP contribution < -0.4 is 5.32 Å². The first kappa shape index (κ1) is 43.8. The molecule has 0 heterocycles. The van der Waals surface area contributed by atoms with Crippen molar-refractivity contribution in [2.75, 3.05) is 6.61 Å². The van der Waals surface area contributed by atoms with Gasteiger partial charge in [-0.1, -0.05) is 167 Å². The zero-order chi connectivity index (χ0) is 33.1. The van der Waals surface area contributed by atoms with E-state index in [1.165, 1.54) is 128 Å². The summed E-state index contributed by atoms with van der Waals surface area (Å²) in [6, 6.07) is -0.827. The highest BCUT2D eigenvalue weighted by molar-refractivity contribution is 5.76. The first-order valence-corrected chi connectivity index (χ1v) is 19.6. The van der Waals surface area contributed by atoms with E-state index in [0.717, 1.165) is 44.9 Å². The lowest BCUT2D eigenvalue weighted by atomic mass is 10.0. The number of hydrogen-bond acceptors (Lipinski definition) is 4. The maximum atomic E-state index is 12.3. The van der Waals surface area contributed by atoms with Gasteiger partial charge in [0.1, 0.15) is 6.10 Å². The first-order valence-electron chi connectivity index (χ1n) is 19.6. The lowest BCUT2D eigenvalue weighted by molar-refractivity contribution is -0.124. The zero-order valence-electron chi connectivity index (χ0n) is 30.0. The minimum atomic E-state index is -1.16. The van der Waals surface area contributed by atoms with Crippen molar-refractivity contribution < 1.29 is 20.1 Å². The molecule has 3 atom stereocenters. The lowest BCUT2D eigenvalue weighted by Crippen LogP contribution is -2.50. The quantitative estimate of drug-likeness (QED) is 0.0412. The Bertz CT molecular complexity index is 665. The Morgan fingerprint density at radius 3 is 1.36 bits per heavy atom. The molecule has 0 radical (unpaired) electrons. The van der Waals surface area contributed by atoms with Gasteiger partial charge in [-0.05, 0) is 51.4 Å². The third kappa shape index (κ3) is 31.2. The van der Waals surface area contributed by atoms with Gasteiger partial charge in [0.05, 0.1) is 18.8 Å². The molecule has 5 nitrogen and oxygen atoms in total. The van der Waals surface area contributed by atoms with E-state index in [-0.39, 0.29) is 12.5 Å². The number of aliphatic hydroxyl groups is 3. The summed E-state index contributed by atoms with van der Waals surface area (Å²) >= 11 is 0. The average Bonchev–Trinajstić information content (AvgIpc) is 3.04. The van der Waals surface area contributed by atoms with E-state index in [1.807, 2.05) is 0 Å². The number of carbonyl (C=O) groups excluding carboxylic acids is 1. The summed E-state index contributed by atoms with van der Waals surface area (Å²) in [5.41, 5.74) is 0. The maximum Gasteiger partial charge on any atom is 0.220 e. The van der Waals surface area contributed by atoms with Crippen LogP contribution >= 0.6 is 0 Å². The van der Waals surface area contributed by atoms with Crippen LogP contribution in [0.5, 0.6) is 0 Å². The molecular weight excluding hydrogens is 558 g/mol. The van der Waals surface area contributed by atoms with Crippen LogP contribution in [-0.4, -0.2) is 46.1 Å². The van der Waals surface area contributed by atoms with Crippen molar-refractivity contribution in [2.24, 2.45) is 0 Å². The van der Waals surface area contributed by atoms with Crippen LogP contribution in [0.1, 0.15) is 200 Å². The van der Waals surface area contributed by atoms with Crippen LogP contribution in [0.3, 0.4) is 0 Å². The molecule has 0 aliphatic rings. The average molecular weight is 636 g/mol. The van der Waals surface area contributed by atoms with Crippen molar-refractivity contribution in [3.8, 4) is 0 Å². The molecule has 3 unspecified atom stereocenters.